The predicted molar refractivity (Wildman–Crippen MR) is 395 cm³/mol. The van der Waals surface area contributed by atoms with Crippen LogP contribution < -0.4 is 9.80 Å². The third-order valence-electron chi connectivity index (χ3n) is 20.5. The molecule has 0 spiro atoms. The van der Waals surface area contributed by atoms with Crippen LogP contribution in [0.25, 0.3) is 122 Å². The lowest BCUT2D eigenvalue weighted by molar-refractivity contribution is 0.660. The van der Waals surface area contributed by atoms with Crippen LogP contribution in [-0.2, 0) is 10.8 Å². The molecule has 2 aliphatic rings. The molecule has 0 radical (unpaired) electrons. The van der Waals surface area contributed by atoms with Gasteiger partial charge in [-0.25, -0.2) is 0 Å². The molecule has 0 aliphatic heterocycles. The summed E-state index contributed by atoms with van der Waals surface area (Å²) < 4.78 is 0. The van der Waals surface area contributed by atoms with Crippen molar-refractivity contribution in [2.24, 2.45) is 0 Å². The molecule has 16 aromatic rings. The molecule has 0 fully saturated rings. The van der Waals surface area contributed by atoms with Crippen LogP contribution in [0.2, 0.25) is 0 Å². The van der Waals surface area contributed by atoms with Crippen LogP contribution in [0, 0.1) is 0 Å². The highest BCUT2D eigenvalue weighted by molar-refractivity contribution is 6.26. The van der Waals surface area contributed by atoms with Crippen LogP contribution in [0.3, 0.4) is 0 Å². The first-order valence-electron chi connectivity index (χ1n) is 32.3. The summed E-state index contributed by atoms with van der Waals surface area (Å²) in [7, 11) is 0. The molecule has 434 valence electrons. The van der Waals surface area contributed by atoms with Gasteiger partial charge in [0.15, 0.2) is 0 Å². The molecule has 16 aromatic carbocycles. The van der Waals surface area contributed by atoms with Crippen LogP contribution >= 0.6 is 0 Å². The fraction of sp³-hybridized carbons (Fsp3) is 0.0667. The molecular weight excluding hydrogens is 1110 g/mol. The number of rotatable bonds is 10. The van der Waals surface area contributed by atoms with Gasteiger partial charge in [-0.2, -0.15) is 0 Å². The van der Waals surface area contributed by atoms with Gasteiger partial charge >= 0.3 is 0 Å². The summed E-state index contributed by atoms with van der Waals surface area (Å²) in [6, 6.07) is 109. The average molecular weight is 1170 g/mol. The van der Waals surface area contributed by atoms with Crippen LogP contribution in [0.1, 0.15) is 72.2 Å². The molecule has 0 atom stereocenters. The van der Waals surface area contributed by atoms with Crippen molar-refractivity contribution in [3.05, 3.63) is 336 Å². The van der Waals surface area contributed by atoms with Crippen molar-refractivity contribution in [3.8, 4) is 22.3 Å². The van der Waals surface area contributed by atoms with Gasteiger partial charge in [0.1, 0.15) is 0 Å². The summed E-state index contributed by atoms with van der Waals surface area (Å²) >= 11 is 0. The minimum absolute atomic E-state index is 0.224. The molecular formula is C90H64N2. The standard InChI is InChI=1S/C90H64N2/c1-89(2)83-49-57(23-43-79(83)81-47-41-75(55-85(81)89)91(71-37-31-59-13-5-9-17-67(59)51-71)72-38-32-60-14-6-10-18-68(60)52-72)21-25-63-27-29-65-36-46-78-64(28-30-66-35-45-77(63)87(65)88(66)78)26-22-58-24-44-80-82-48-42-76(56-86(82)90(3,4)84(80)50-58)92(73-39-33-61-15-7-11-19-69(61)53-73)74-40-34-62-16-8-12-20-70(62)54-74/h5-56H,1-4H3/b25-21+,26-22+. The van der Waals surface area contributed by atoms with Crippen LogP contribution in [0.4, 0.5) is 34.1 Å². The summed E-state index contributed by atoms with van der Waals surface area (Å²) in [5.41, 5.74) is 21.8. The van der Waals surface area contributed by atoms with E-state index < -0.39 is 0 Å². The molecule has 0 saturated carbocycles. The van der Waals surface area contributed by atoms with Crippen molar-refractivity contribution in [2.45, 2.75) is 38.5 Å². The second-order valence-corrected chi connectivity index (χ2v) is 26.5. The molecule has 92 heavy (non-hydrogen) atoms. The summed E-state index contributed by atoms with van der Waals surface area (Å²) in [6.07, 6.45) is 9.28. The van der Waals surface area contributed by atoms with Gasteiger partial charge in [-0.05, 0) is 215 Å². The van der Waals surface area contributed by atoms with E-state index in [4.69, 9.17) is 0 Å². The average Bonchev–Trinajstić information content (AvgIpc) is 1.54. The summed E-state index contributed by atoms with van der Waals surface area (Å²) in [5, 5.41) is 17.5. The van der Waals surface area contributed by atoms with Gasteiger partial charge in [0.2, 0.25) is 0 Å². The highest BCUT2D eigenvalue weighted by atomic mass is 15.1. The zero-order valence-corrected chi connectivity index (χ0v) is 51.9. The van der Waals surface area contributed by atoms with Crippen molar-refractivity contribution < 1.29 is 0 Å². The molecule has 0 heterocycles. The lowest BCUT2D eigenvalue weighted by Crippen LogP contribution is -2.16. The Balaban J connectivity index is 0.639. The first-order chi connectivity index (χ1) is 45.1. The Morgan fingerprint density at radius 2 is 0.500 bits per heavy atom. The SMILES string of the molecule is CC1(C)c2cc(/C=C/c3ccc4ccc5c(/C=C/c6ccc7c(c6)C(C)(C)c6cc(N(c8ccc9ccccc9c8)c8ccc9ccccc9c8)ccc6-7)ccc6ccc3c4c65)ccc2-c2ccc(N(c3ccc4ccccc4c3)c3ccc4ccccc4c3)cc21. The predicted octanol–water partition coefficient (Wildman–Crippen LogP) is 25.1. The fourth-order valence-corrected chi connectivity index (χ4v) is 15.6. The molecule has 0 aromatic heterocycles. The molecule has 2 aliphatic carbocycles. The Kier molecular flexibility index (Phi) is 12.0. The summed E-state index contributed by atoms with van der Waals surface area (Å²) in [4.78, 5) is 4.86. The first-order valence-corrected chi connectivity index (χ1v) is 32.3. The summed E-state index contributed by atoms with van der Waals surface area (Å²) in [6.45, 7) is 9.58. The zero-order valence-electron chi connectivity index (χ0n) is 51.9. The van der Waals surface area contributed by atoms with Crippen molar-refractivity contribution >= 4 is 134 Å². The van der Waals surface area contributed by atoms with Gasteiger partial charge in [-0.15, -0.1) is 0 Å². The zero-order chi connectivity index (χ0) is 61.4. The minimum Gasteiger partial charge on any atom is -0.310 e. The van der Waals surface area contributed by atoms with Gasteiger partial charge in [0.25, 0.3) is 0 Å². The topological polar surface area (TPSA) is 6.48 Å². The fourth-order valence-electron chi connectivity index (χ4n) is 15.6. The highest BCUT2D eigenvalue weighted by Crippen LogP contribution is 2.54. The van der Waals surface area contributed by atoms with Crippen molar-refractivity contribution in [3.63, 3.8) is 0 Å². The molecule has 0 saturated heterocycles. The maximum atomic E-state index is 2.44. The molecule has 0 bridgehead atoms. The summed E-state index contributed by atoms with van der Waals surface area (Å²) in [5.74, 6) is 0. The minimum atomic E-state index is -0.224. The Bertz CT molecular complexity index is 5280. The van der Waals surface area contributed by atoms with E-state index in [1.165, 1.54) is 142 Å². The third kappa shape index (κ3) is 8.62. The Labute approximate surface area is 536 Å². The van der Waals surface area contributed by atoms with E-state index in [2.05, 4.69) is 353 Å². The first kappa shape index (κ1) is 53.7. The molecule has 0 N–H and O–H groups in total. The van der Waals surface area contributed by atoms with E-state index >= 15 is 0 Å². The van der Waals surface area contributed by atoms with E-state index in [9.17, 15) is 0 Å². The number of benzene rings is 16. The number of hydrogen-bond donors (Lipinski definition) is 0. The Hall–Kier alpha value is -11.3. The Morgan fingerprint density at radius 3 is 0.848 bits per heavy atom. The molecule has 2 heteroatoms. The van der Waals surface area contributed by atoms with E-state index in [0.29, 0.717) is 0 Å². The van der Waals surface area contributed by atoms with Gasteiger partial charge in [-0.3, -0.25) is 0 Å². The maximum absolute atomic E-state index is 2.44. The van der Waals surface area contributed by atoms with Gasteiger partial charge in [0, 0.05) is 45.0 Å². The van der Waals surface area contributed by atoms with E-state index in [1.54, 1.807) is 0 Å². The van der Waals surface area contributed by atoms with Crippen LogP contribution in [0.5, 0.6) is 0 Å². The third-order valence-corrected chi connectivity index (χ3v) is 20.5. The van der Waals surface area contributed by atoms with Gasteiger partial charge in [-0.1, -0.05) is 270 Å². The number of hydrogen-bond acceptors (Lipinski definition) is 2. The second-order valence-electron chi connectivity index (χ2n) is 26.5. The number of nitrogens with zero attached hydrogens (tertiary/aromatic N) is 2. The van der Waals surface area contributed by atoms with Gasteiger partial charge in [0.05, 0.1) is 0 Å². The van der Waals surface area contributed by atoms with E-state index in [1.807, 2.05) is 0 Å². The van der Waals surface area contributed by atoms with Crippen LogP contribution in [0.15, 0.2) is 291 Å². The lowest BCUT2D eigenvalue weighted by Gasteiger charge is -2.28. The normalized spacial score (nSPS) is 13.7. The second kappa shape index (κ2) is 20.6. The van der Waals surface area contributed by atoms with E-state index in [-0.39, 0.29) is 10.8 Å². The monoisotopic (exact) mass is 1170 g/mol. The smallest absolute Gasteiger partial charge is 0.0468 e. The van der Waals surface area contributed by atoms with Crippen molar-refractivity contribution in [1.29, 1.82) is 0 Å². The van der Waals surface area contributed by atoms with Crippen molar-refractivity contribution in [1.82, 2.24) is 0 Å². The lowest BCUT2D eigenvalue weighted by atomic mass is 9.81. The van der Waals surface area contributed by atoms with Gasteiger partial charge < -0.3 is 9.80 Å². The van der Waals surface area contributed by atoms with E-state index in [0.717, 1.165) is 34.1 Å². The largest absolute Gasteiger partial charge is 0.310 e. The number of anilines is 6. The molecule has 0 unspecified atom stereocenters. The molecule has 2 nitrogen and oxygen atoms in total. The maximum Gasteiger partial charge on any atom is 0.0468 e. The van der Waals surface area contributed by atoms with Crippen LogP contribution in [-0.4, -0.2) is 0 Å². The highest BCUT2D eigenvalue weighted by Gasteiger charge is 2.38. The molecule has 18 rings (SSSR count). The quantitative estimate of drug-likeness (QED) is 0.0995. The number of fused-ring (bicyclic) bond motifs is 10. The van der Waals surface area contributed by atoms with Crippen molar-refractivity contribution in [2.75, 3.05) is 9.80 Å². The molecule has 0 amide bonds. The Morgan fingerprint density at radius 1 is 0.228 bits per heavy atom.